The SMILES string of the molecule is C=CCC[C@H](O)[C@@H](C=C)C(=O)n1c(=O)oc2ccccc21. The highest BCUT2D eigenvalue weighted by Gasteiger charge is 2.28. The summed E-state index contributed by atoms with van der Waals surface area (Å²) < 4.78 is 5.97. The van der Waals surface area contributed by atoms with E-state index in [1.807, 2.05) is 0 Å². The molecule has 5 heteroatoms. The minimum atomic E-state index is -0.923. The standard InChI is InChI=1S/C16H17NO4/c1-3-5-9-13(18)11(4-2)15(19)17-12-8-6-7-10-14(12)21-16(17)20/h3-4,6-8,10-11,13,18H,1-2,5,9H2/t11-,13+/m1/s1. The summed E-state index contributed by atoms with van der Waals surface area (Å²) in [4.78, 5) is 24.4. The van der Waals surface area contributed by atoms with Crippen molar-refractivity contribution in [3.8, 4) is 0 Å². The molecule has 0 aliphatic carbocycles. The van der Waals surface area contributed by atoms with Gasteiger partial charge in [-0.1, -0.05) is 24.3 Å². The molecule has 0 bridgehead atoms. The zero-order chi connectivity index (χ0) is 15.4. The van der Waals surface area contributed by atoms with Crippen LogP contribution in [0.15, 0.2) is 58.8 Å². The second kappa shape index (κ2) is 6.37. The zero-order valence-corrected chi connectivity index (χ0v) is 11.6. The maximum absolute atomic E-state index is 12.5. The molecule has 5 nitrogen and oxygen atoms in total. The molecule has 2 atom stereocenters. The third-order valence-corrected chi connectivity index (χ3v) is 3.33. The Morgan fingerprint density at radius 2 is 2.10 bits per heavy atom. The van der Waals surface area contributed by atoms with Gasteiger partial charge in [0, 0.05) is 0 Å². The number of aliphatic hydroxyl groups is 1. The Hall–Kier alpha value is -2.40. The van der Waals surface area contributed by atoms with E-state index >= 15 is 0 Å². The van der Waals surface area contributed by atoms with Crippen LogP contribution in [0.2, 0.25) is 0 Å². The van der Waals surface area contributed by atoms with Gasteiger partial charge in [0.25, 0.3) is 0 Å². The van der Waals surface area contributed by atoms with Crippen molar-refractivity contribution >= 4 is 17.0 Å². The van der Waals surface area contributed by atoms with Crippen LogP contribution >= 0.6 is 0 Å². The summed E-state index contributed by atoms with van der Waals surface area (Å²) in [7, 11) is 0. The highest BCUT2D eigenvalue weighted by Crippen LogP contribution is 2.18. The molecule has 1 heterocycles. The quantitative estimate of drug-likeness (QED) is 0.828. The topological polar surface area (TPSA) is 72.4 Å². The van der Waals surface area contributed by atoms with Gasteiger partial charge in [-0.3, -0.25) is 4.79 Å². The molecule has 0 spiro atoms. The smallest absolute Gasteiger partial charge is 0.407 e. The number of fused-ring (bicyclic) bond motifs is 1. The molecule has 0 saturated heterocycles. The summed E-state index contributed by atoms with van der Waals surface area (Å²) in [6.45, 7) is 7.15. The molecule has 1 N–H and O–H groups in total. The number of aliphatic hydroxyl groups excluding tert-OH is 1. The minimum absolute atomic E-state index is 0.333. The molecular weight excluding hydrogens is 270 g/mol. The lowest BCUT2D eigenvalue weighted by molar-refractivity contribution is 0.0662. The number of hydrogen-bond donors (Lipinski definition) is 1. The molecule has 0 aliphatic rings. The van der Waals surface area contributed by atoms with Crippen LogP contribution in [0.1, 0.15) is 17.6 Å². The predicted molar refractivity (Wildman–Crippen MR) is 80.2 cm³/mol. The maximum Gasteiger partial charge on any atom is 0.426 e. The van der Waals surface area contributed by atoms with Gasteiger partial charge >= 0.3 is 5.76 Å². The summed E-state index contributed by atoms with van der Waals surface area (Å²) in [6, 6.07) is 6.65. The van der Waals surface area contributed by atoms with E-state index in [2.05, 4.69) is 13.2 Å². The van der Waals surface area contributed by atoms with E-state index < -0.39 is 23.7 Å². The number of hydrogen-bond acceptors (Lipinski definition) is 4. The molecule has 110 valence electrons. The second-order valence-corrected chi connectivity index (χ2v) is 4.70. The lowest BCUT2D eigenvalue weighted by atomic mass is 9.97. The van der Waals surface area contributed by atoms with Gasteiger partial charge in [0.1, 0.15) is 0 Å². The average molecular weight is 287 g/mol. The number of rotatable bonds is 6. The highest BCUT2D eigenvalue weighted by atomic mass is 16.4. The van der Waals surface area contributed by atoms with Crippen LogP contribution < -0.4 is 5.76 Å². The van der Waals surface area contributed by atoms with Crippen LogP contribution in [0.5, 0.6) is 0 Å². The number of oxazole rings is 1. The van der Waals surface area contributed by atoms with Crippen molar-refractivity contribution in [2.24, 2.45) is 5.92 Å². The number of aromatic nitrogens is 1. The number of nitrogens with zero attached hydrogens (tertiary/aromatic N) is 1. The van der Waals surface area contributed by atoms with E-state index in [-0.39, 0.29) is 0 Å². The number of para-hydroxylation sites is 2. The molecule has 2 rings (SSSR count). The molecule has 21 heavy (non-hydrogen) atoms. The Bertz CT molecular complexity index is 725. The fourth-order valence-corrected chi connectivity index (χ4v) is 2.21. The zero-order valence-electron chi connectivity index (χ0n) is 11.6. The number of allylic oxidation sites excluding steroid dienone is 1. The molecule has 0 saturated carbocycles. The van der Waals surface area contributed by atoms with Gasteiger partial charge in [-0.15, -0.1) is 13.2 Å². The fraction of sp³-hybridized carbons (Fsp3) is 0.250. The van der Waals surface area contributed by atoms with Gasteiger partial charge in [0.05, 0.1) is 17.5 Å². The first-order valence-corrected chi connectivity index (χ1v) is 6.66. The number of carbonyl (C=O) groups excluding carboxylic acids is 1. The fourth-order valence-electron chi connectivity index (χ4n) is 2.21. The Morgan fingerprint density at radius 1 is 1.38 bits per heavy atom. The molecule has 1 aromatic heterocycles. The Balaban J connectivity index is 2.40. The van der Waals surface area contributed by atoms with Crippen LogP contribution in [0.3, 0.4) is 0 Å². The summed E-state index contributed by atoms with van der Waals surface area (Å²) >= 11 is 0. The largest absolute Gasteiger partial charge is 0.426 e. The molecule has 0 fully saturated rings. The van der Waals surface area contributed by atoms with Crippen molar-refractivity contribution in [1.29, 1.82) is 0 Å². The van der Waals surface area contributed by atoms with Crippen molar-refractivity contribution in [2.45, 2.75) is 18.9 Å². The Labute approximate surface area is 121 Å². The molecule has 0 amide bonds. The van der Waals surface area contributed by atoms with Gasteiger partial charge in [0.15, 0.2) is 5.58 Å². The minimum Gasteiger partial charge on any atom is -0.407 e. The van der Waals surface area contributed by atoms with E-state index in [1.54, 1.807) is 30.3 Å². The second-order valence-electron chi connectivity index (χ2n) is 4.70. The first-order valence-electron chi connectivity index (χ1n) is 6.66. The van der Waals surface area contributed by atoms with Gasteiger partial charge in [-0.2, -0.15) is 0 Å². The lowest BCUT2D eigenvalue weighted by Gasteiger charge is -2.17. The number of carbonyl (C=O) groups is 1. The van der Waals surface area contributed by atoms with Crippen LogP contribution in [0.4, 0.5) is 0 Å². The van der Waals surface area contributed by atoms with Crippen molar-refractivity contribution in [2.75, 3.05) is 0 Å². The summed E-state index contributed by atoms with van der Waals surface area (Å²) in [5, 5.41) is 10.1. The summed E-state index contributed by atoms with van der Waals surface area (Å²) in [5.74, 6) is -2.18. The summed E-state index contributed by atoms with van der Waals surface area (Å²) in [6.07, 6.45) is 3.03. The van der Waals surface area contributed by atoms with Gasteiger partial charge in [-0.05, 0) is 25.0 Å². The van der Waals surface area contributed by atoms with Gasteiger partial charge in [-0.25, -0.2) is 9.36 Å². The molecule has 1 aromatic carbocycles. The molecule has 0 radical (unpaired) electrons. The predicted octanol–water partition coefficient (Wildman–Crippen LogP) is 2.36. The van der Waals surface area contributed by atoms with Gasteiger partial charge in [0.2, 0.25) is 5.91 Å². The van der Waals surface area contributed by atoms with E-state index in [4.69, 9.17) is 4.42 Å². The molecule has 0 unspecified atom stereocenters. The summed E-state index contributed by atoms with van der Waals surface area (Å²) in [5.41, 5.74) is 0.717. The average Bonchev–Trinajstić information content (AvgIpc) is 2.81. The Morgan fingerprint density at radius 3 is 2.76 bits per heavy atom. The number of benzene rings is 1. The Kier molecular flexibility index (Phi) is 4.55. The molecule has 0 aliphatic heterocycles. The highest BCUT2D eigenvalue weighted by molar-refractivity contribution is 5.91. The van der Waals surface area contributed by atoms with Crippen molar-refractivity contribution in [3.63, 3.8) is 0 Å². The lowest BCUT2D eigenvalue weighted by Crippen LogP contribution is -2.34. The van der Waals surface area contributed by atoms with E-state index in [9.17, 15) is 14.7 Å². The van der Waals surface area contributed by atoms with Crippen LogP contribution in [-0.4, -0.2) is 21.7 Å². The molecule has 2 aromatic rings. The maximum atomic E-state index is 12.5. The van der Waals surface area contributed by atoms with Crippen molar-refractivity contribution in [1.82, 2.24) is 4.57 Å². The van der Waals surface area contributed by atoms with E-state index in [0.29, 0.717) is 23.9 Å². The first kappa shape index (κ1) is 15.0. The third kappa shape index (κ3) is 2.87. The van der Waals surface area contributed by atoms with Gasteiger partial charge < -0.3 is 9.52 Å². The van der Waals surface area contributed by atoms with E-state index in [1.165, 1.54) is 6.08 Å². The van der Waals surface area contributed by atoms with Crippen LogP contribution in [-0.2, 0) is 0 Å². The first-order chi connectivity index (χ1) is 10.1. The van der Waals surface area contributed by atoms with Crippen LogP contribution in [0, 0.1) is 5.92 Å². The molecular formula is C16H17NO4. The monoisotopic (exact) mass is 287 g/mol. The normalized spacial score (nSPS) is 13.8. The third-order valence-electron chi connectivity index (χ3n) is 3.33. The van der Waals surface area contributed by atoms with Crippen molar-refractivity contribution < 1.29 is 14.3 Å². The van der Waals surface area contributed by atoms with Crippen molar-refractivity contribution in [3.05, 3.63) is 60.1 Å². The van der Waals surface area contributed by atoms with Crippen LogP contribution in [0.25, 0.3) is 11.1 Å². The van der Waals surface area contributed by atoms with E-state index in [0.717, 1.165) is 4.57 Å².